The average molecular weight is 352 g/mol. The van der Waals surface area contributed by atoms with Crippen molar-refractivity contribution in [3.8, 4) is 11.4 Å². The largest absolute Gasteiger partial charge is 0.324 e. The molecule has 26 heavy (non-hydrogen) atoms. The first-order valence-electron chi connectivity index (χ1n) is 8.59. The van der Waals surface area contributed by atoms with E-state index < -0.39 is 0 Å². The van der Waals surface area contributed by atoms with Crippen molar-refractivity contribution in [2.24, 2.45) is 7.05 Å². The Bertz CT molecular complexity index is 879. The van der Waals surface area contributed by atoms with Crippen molar-refractivity contribution in [3.05, 3.63) is 42.4 Å². The number of aromatic amines is 1. The van der Waals surface area contributed by atoms with Crippen LogP contribution in [0, 0.1) is 0 Å². The summed E-state index contributed by atoms with van der Waals surface area (Å²) in [5, 5.41) is 17.8. The maximum Gasteiger partial charge on any atom is 0.323 e. The minimum Gasteiger partial charge on any atom is -0.324 e. The lowest BCUT2D eigenvalue weighted by atomic mass is 9.96. The lowest BCUT2D eigenvalue weighted by Gasteiger charge is -2.30. The normalized spacial score (nSPS) is 15.2. The van der Waals surface area contributed by atoms with Crippen molar-refractivity contribution in [2.75, 3.05) is 18.4 Å². The summed E-state index contributed by atoms with van der Waals surface area (Å²) in [5.41, 5.74) is 0.996. The van der Waals surface area contributed by atoms with Gasteiger partial charge in [0, 0.05) is 31.6 Å². The Morgan fingerprint density at radius 2 is 2.00 bits per heavy atom. The van der Waals surface area contributed by atoms with Gasteiger partial charge in [-0.2, -0.15) is 5.10 Å². The topological polar surface area (TPSA) is 105 Å². The van der Waals surface area contributed by atoms with E-state index in [1.165, 1.54) is 0 Å². The van der Waals surface area contributed by atoms with Gasteiger partial charge in [0.05, 0.1) is 6.20 Å². The van der Waals surface area contributed by atoms with Crippen LogP contribution in [-0.4, -0.2) is 54.2 Å². The fourth-order valence-corrected chi connectivity index (χ4v) is 3.12. The molecule has 9 heteroatoms. The van der Waals surface area contributed by atoms with E-state index in [-0.39, 0.29) is 11.9 Å². The fraction of sp³-hybridized carbons (Fsp3) is 0.353. The molecule has 1 aromatic carbocycles. The van der Waals surface area contributed by atoms with Crippen LogP contribution in [0.4, 0.5) is 10.6 Å². The molecule has 134 valence electrons. The first-order chi connectivity index (χ1) is 12.7. The van der Waals surface area contributed by atoms with Gasteiger partial charge in [0.1, 0.15) is 5.82 Å². The highest BCUT2D eigenvalue weighted by Crippen LogP contribution is 2.27. The fourth-order valence-electron chi connectivity index (χ4n) is 3.12. The van der Waals surface area contributed by atoms with E-state index in [1.807, 2.05) is 30.3 Å². The van der Waals surface area contributed by atoms with E-state index in [1.54, 1.807) is 22.8 Å². The zero-order chi connectivity index (χ0) is 17.9. The Morgan fingerprint density at radius 1 is 1.23 bits per heavy atom. The van der Waals surface area contributed by atoms with Gasteiger partial charge < -0.3 is 4.90 Å². The molecule has 0 radical (unpaired) electrons. The molecule has 0 saturated carbocycles. The molecule has 3 aromatic rings. The van der Waals surface area contributed by atoms with Gasteiger partial charge >= 0.3 is 6.03 Å². The Morgan fingerprint density at radius 3 is 2.69 bits per heavy atom. The number of hydrogen-bond donors (Lipinski definition) is 2. The Kier molecular flexibility index (Phi) is 4.34. The number of rotatable bonds is 3. The molecule has 0 unspecified atom stereocenters. The van der Waals surface area contributed by atoms with Crippen molar-refractivity contribution in [1.82, 2.24) is 35.1 Å². The van der Waals surface area contributed by atoms with Gasteiger partial charge in [0.15, 0.2) is 11.6 Å². The van der Waals surface area contributed by atoms with Gasteiger partial charge in [-0.3, -0.25) is 15.1 Å². The number of likely N-dealkylation sites (tertiary alicyclic amines) is 1. The number of amides is 2. The number of hydrogen-bond acceptors (Lipinski definition) is 5. The second kappa shape index (κ2) is 6.95. The van der Waals surface area contributed by atoms with Crippen molar-refractivity contribution in [1.29, 1.82) is 0 Å². The van der Waals surface area contributed by atoms with Crippen LogP contribution in [0.2, 0.25) is 0 Å². The van der Waals surface area contributed by atoms with Crippen LogP contribution in [0.1, 0.15) is 24.6 Å². The Labute approximate surface area is 150 Å². The lowest BCUT2D eigenvalue weighted by Crippen LogP contribution is -2.40. The minimum atomic E-state index is -0.147. The van der Waals surface area contributed by atoms with Gasteiger partial charge in [0.25, 0.3) is 0 Å². The van der Waals surface area contributed by atoms with Crippen molar-refractivity contribution >= 4 is 11.8 Å². The molecule has 9 nitrogen and oxygen atoms in total. The number of nitrogens with zero attached hydrogens (tertiary/aromatic N) is 6. The number of H-pyrrole nitrogens is 1. The molecule has 1 saturated heterocycles. The van der Waals surface area contributed by atoms with Crippen LogP contribution in [0.5, 0.6) is 0 Å². The van der Waals surface area contributed by atoms with E-state index >= 15 is 0 Å². The highest BCUT2D eigenvalue weighted by Gasteiger charge is 2.26. The van der Waals surface area contributed by atoms with Crippen molar-refractivity contribution in [3.63, 3.8) is 0 Å². The SMILES string of the molecule is Cn1cc(NC(=O)N2CCC(c3nc(-c4ccccc4)n[nH]3)CC2)nn1. The van der Waals surface area contributed by atoms with E-state index in [9.17, 15) is 4.79 Å². The molecule has 2 aromatic heterocycles. The van der Waals surface area contributed by atoms with E-state index in [4.69, 9.17) is 0 Å². The second-order valence-corrected chi connectivity index (χ2v) is 6.38. The zero-order valence-electron chi connectivity index (χ0n) is 14.5. The van der Waals surface area contributed by atoms with E-state index in [0.717, 1.165) is 24.2 Å². The average Bonchev–Trinajstić information content (AvgIpc) is 3.32. The first kappa shape index (κ1) is 16.2. The maximum absolute atomic E-state index is 12.3. The maximum atomic E-state index is 12.3. The molecule has 1 aliphatic heterocycles. The van der Waals surface area contributed by atoms with Crippen LogP contribution in [0.15, 0.2) is 36.5 Å². The van der Waals surface area contributed by atoms with Crippen LogP contribution < -0.4 is 5.32 Å². The lowest BCUT2D eigenvalue weighted by molar-refractivity contribution is 0.193. The summed E-state index contributed by atoms with van der Waals surface area (Å²) >= 11 is 0. The summed E-state index contributed by atoms with van der Waals surface area (Å²) in [6.45, 7) is 1.33. The summed E-state index contributed by atoms with van der Waals surface area (Å²) in [6, 6.07) is 9.75. The molecule has 2 amide bonds. The Balaban J connectivity index is 1.35. The van der Waals surface area contributed by atoms with Crippen molar-refractivity contribution < 1.29 is 4.79 Å². The van der Waals surface area contributed by atoms with Gasteiger partial charge in [-0.1, -0.05) is 35.5 Å². The molecular weight excluding hydrogens is 332 g/mol. The molecule has 2 N–H and O–H groups in total. The third-order valence-electron chi connectivity index (χ3n) is 4.54. The van der Waals surface area contributed by atoms with Gasteiger partial charge in [-0.05, 0) is 12.8 Å². The first-order valence-corrected chi connectivity index (χ1v) is 8.59. The van der Waals surface area contributed by atoms with Crippen LogP contribution >= 0.6 is 0 Å². The number of urea groups is 1. The third kappa shape index (κ3) is 3.41. The molecule has 1 fully saturated rings. The third-order valence-corrected chi connectivity index (χ3v) is 4.54. The summed E-state index contributed by atoms with van der Waals surface area (Å²) in [7, 11) is 1.76. The van der Waals surface area contributed by atoms with Crippen LogP contribution in [0.25, 0.3) is 11.4 Å². The number of aryl methyl sites for hydroxylation is 1. The number of piperidine rings is 1. The molecule has 3 heterocycles. The van der Waals surface area contributed by atoms with E-state index in [2.05, 4.69) is 30.8 Å². The second-order valence-electron chi connectivity index (χ2n) is 6.38. The number of aromatic nitrogens is 6. The van der Waals surface area contributed by atoms with Crippen LogP contribution in [-0.2, 0) is 7.05 Å². The van der Waals surface area contributed by atoms with Gasteiger partial charge in [0.2, 0.25) is 0 Å². The zero-order valence-corrected chi connectivity index (χ0v) is 14.5. The Hall–Kier alpha value is -3.23. The summed E-state index contributed by atoms with van der Waals surface area (Å²) in [5.74, 6) is 2.34. The molecule has 4 rings (SSSR count). The quantitative estimate of drug-likeness (QED) is 0.750. The number of carbonyl (C=O) groups excluding carboxylic acids is 1. The molecule has 1 aliphatic rings. The highest BCUT2D eigenvalue weighted by atomic mass is 16.2. The number of nitrogens with one attached hydrogen (secondary N) is 2. The molecular formula is C17H20N8O. The molecule has 0 atom stereocenters. The molecule has 0 bridgehead atoms. The predicted octanol–water partition coefficient (Wildman–Crippen LogP) is 2.01. The summed E-state index contributed by atoms with van der Waals surface area (Å²) in [6.07, 6.45) is 3.36. The number of benzene rings is 1. The van der Waals surface area contributed by atoms with E-state index in [0.29, 0.717) is 24.7 Å². The minimum absolute atomic E-state index is 0.147. The highest BCUT2D eigenvalue weighted by molar-refractivity contribution is 5.88. The number of carbonyl (C=O) groups is 1. The molecule has 0 aliphatic carbocycles. The predicted molar refractivity (Wildman–Crippen MR) is 95.4 cm³/mol. The number of anilines is 1. The standard InChI is InChI=1S/C17H20N8O/c1-24-11-14(20-23-24)18-17(26)25-9-7-13(8-10-25)16-19-15(21-22-16)12-5-3-2-4-6-12/h2-6,11,13H,7-10H2,1H3,(H,18,26)(H,19,21,22). The summed E-state index contributed by atoms with van der Waals surface area (Å²) < 4.78 is 1.55. The van der Waals surface area contributed by atoms with Crippen LogP contribution in [0.3, 0.4) is 0 Å². The molecule has 0 spiro atoms. The van der Waals surface area contributed by atoms with Gasteiger partial charge in [-0.15, -0.1) is 5.10 Å². The van der Waals surface area contributed by atoms with Gasteiger partial charge in [-0.25, -0.2) is 9.78 Å². The monoisotopic (exact) mass is 352 g/mol. The summed E-state index contributed by atoms with van der Waals surface area (Å²) in [4.78, 5) is 18.7. The van der Waals surface area contributed by atoms with Crippen molar-refractivity contribution in [2.45, 2.75) is 18.8 Å². The smallest absolute Gasteiger partial charge is 0.323 e.